The normalized spacial score (nSPS) is 46.0. The van der Waals surface area contributed by atoms with Crippen LogP contribution in [0.25, 0.3) is 0 Å². The van der Waals surface area contributed by atoms with Crippen molar-refractivity contribution in [3.8, 4) is 0 Å². The van der Waals surface area contributed by atoms with E-state index in [1.165, 1.54) is 0 Å². The van der Waals surface area contributed by atoms with Crippen LogP contribution in [0.15, 0.2) is 10.1 Å². The van der Waals surface area contributed by atoms with Crippen LogP contribution in [0.1, 0.15) is 38.5 Å². The molecule has 14 heavy (non-hydrogen) atoms. The van der Waals surface area contributed by atoms with E-state index in [0.717, 1.165) is 37.1 Å². The van der Waals surface area contributed by atoms with Gasteiger partial charge in [-0.25, -0.2) is 0 Å². The minimum Gasteiger partial charge on any atom is -0.299 e. The van der Waals surface area contributed by atoms with Gasteiger partial charge in [0.15, 0.2) is 0 Å². The van der Waals surface area contributed by atoms with Crippen molar-refractivity contribution in [1.82, 2.24) is 0 Å². The Hall–Kier alpha value is -0.0100. The molecule has 3 rings (SSSR count). The number of hydrogen-bond acceptors (Lipinski definition) is 1. The second kappa shape index (κ2) is 2.56. The molecule has 2 saturated carbocycles. The Kier molecular flexibility index (Phi) is 1.69. The standard InChI is InChI=1S/C11H12Cl2O/c12-8-9(13)11-6-2-5-10(8,11)4-1-3-7(11)14/h1-6H2/t10-,11-/m1/s1. The van der Waals surface area contributed by atoms with E-state index < -0.39 is 0 Å². The van der Waals surface area contributed by atoms with Crippen LogP contribution in [-0.4, -0.2) is 5.78 Å². The highest BCUT2D eigenvalue weighted by Gasteiger charge is 2.70. The maximum absolute atomic E-state index is 12.0. The lowest BCUT2D eigenvalue weighted by molar-refractivity contribution is -0.136. The molecule has 0 aromatic heterocycles. The first-order chi connectivity index (χ1) is 6.65. The molecule has 3 aliphatic rings. The van der Waals surface area contributed by atoms with E-state index >= 15 is 0 Å². The summed E-state index contributed by atoms with van der Waals surface area (Å²) in [6, 6.07) is 0. The van der Waals surface area contributed by atoms with Crippen LogP contribution >= 0.6 is 23.2 Å². The summed E-state index contributed by atoms with van der Waals surface area (Å²) >= 11 is 12.4. The zero-order valence-electron chi connectivity index (χ0n) is 7.91. The van der Waals surface area contributed by atoms with Gasteiger partial charge in [-0.1, -0.05) is 29.6 Å². The summed E-state index contributed by atoms with van der Waals surface area (Å²) in [6.45, 7) is 0. The van der Waals surface area contributed by atoms with Crippen LogP contribution in [0.2, 0.25) is 0 Å². The molecular weight excluding hydrogens is 219 g/mol. The summed E-state index contributed by atoms with van der Waals surface area (Å²) in [6.07, 6.45) is 5.84. The van der Waals surface area contributed by atoms with Crippen LogP contribution in [0.4, 0.5) is 0 Å². The van der Waals surface area contributed by atoms with Crippen LogP contribution in [-0.2, 0) is 4.79 Å². The quantitative estimate of drug-likeness (QED) is 0.622. The Morgan fingerprint density at radius 2 is 1.71 bits per heavy atom. The monoisotopic (exact) mass is 230 g/mol. The molecule has 0 bridgehead atoms. The van der Waals surface area contributed by atoms with Crippen LogP contribution in [0, 0.1) is 10.8 Å². The number of halogens is 2. The highest BCUT2D eigenvalue weighted by Crippen LogP contribution is 2.75. The van der Waals surface area contributed by atoms with Gasteiger partial charge >= 0.3 is 0 Å². The smallest absolute Gasteiger partial charge is 0.145 e. The van der Waals surface area contributed by atoms with E-state index in [4.69, 9.17) is 23.2 Å². The van der Waals surface area contributed by atoms with Crippen molar-refractivity contribution in [2.45, 2.75) is 38.5 Å². The molecule has 0 N–H and O–H groups in total. The summed E-state index contributed by atoms with van der Waals surface area (Å²) in [5.74, 6) is 0.343. The number of allylic oxidation sites excluding steroid dienone is 2. The lowest BCUT2D eigenvalue weighted by Gasteiger charge is -2.56. The van der Waals surface area contributed by atoms with E-state index in [9.17, 15) is 4.79 Å². The fourth-order valence-electron chi connectivity index (χ4n) is 3.80. The lowest BCUT2D eigenvalue weighted by Crippen LogP contribution is -2.54. The molecule has 0 heterocycles. The predicted octanol–water partition coefficient (Wildman–Crippen LogP) is 3.60. The molecule has 1 nitrogen and oxygen atoms in total. The molecule has 0 aromatic rings. The van der Waals surface area contributed by atoms with Gasteiger partial charge in [-0.15, -0.1) is 0 Å². The van der Waals surface area contributed by atoms with Gasteiger partial charge in [0.1, 0.15) is 5.78 Å². The first-order valence-corrected chi connectivity index (χ1v) is 6.00. The Morgan fingerprint density at radius 3 is 2.43 bits per heavy atom. The molecule has 3 aliphatic carbocycles. The number of carbonyl (C=O) groups is 1. The minimum absolute atomic E-state index is 0.0268. The molecule has 0 saturated heterocycles. The molecule has 2 atom stereocenters. The summed E-state index contributed by atoms with van der Waals surface area (Å²) in [5.41, 5.74) is -0.356. The van der Waals surface area contributed by atoms with Crippen LogP contribution < -0.4 is 0 Å². The average Bonchev–Trinajstić information content (AvgIpc) is 2.56. The van der Waals surface area contributed by atoms with E-state index in [1.54, 1.807) is 0 Å². The van der Waals surface area contributed by atoms with Crippen molar-refractivity contribution in [2.24, 2.45) is 10.8 Å². The topological polar surface area (TPSA) is 17.1 Å². The third-order valence-electron chi connectivity index (χ3n) is 4.44. The number of ketones is 1. The molecule has 0 amide bonds. The van der Waals surface area contributed by atoms with Crippen molar-refractivity contribution in [3.05, 3.63) is 10.1 Å². The molecule has 2 fully saturated rings. The summed E-state index contributed by atoms with van der Waals surface area (Å²) in [7, 11) is 0. The van der Waals surface area contributed by atoms with Crippen molar-refractivity contribution >= 4 is 29.0 Å². The number of rotatable bonds is 0. The number of hydrogen-bond donors (Lipinski definition) is 0. The average molecular weight is 231 g/mol. The molecule has 3 heteroatoms. The van der Waals surface area contributed by atoms with Crippen LogP contribution in [0.5, 0.6) is 0 Å². The van der Waals surface area contributed by atoms with E-state index in [-0.39, 0.29) is 10.8 Å². The maximum atomic E-state index is 12.0. The van der Waals surface area contributed by atoms with Crippen molar-refractivity contribution < 1.29 is 4.79 Å². The molecule has 0 unspecified atom stereocenters. The first-order valence-electron chi connectivity index (χ1n) is 5.25. The van der Waals surface area contributed by atoms with Gasteiger partial charge in [-0.05, 0) is 25.7 Å². The van der Waals surface area contributed by atoms with Gasteiger partial charge in [0.2, 0.25) is 0 Å². The Bertz CT molecular complexity index is 360. The molecule has 0 radical (unpaired) electrons. The predicted molar refractivity (Wildman–Crippen MR) is 56.3 cm³/mol. The summed E-state index contributed by atoms with van der Waals surface area (Å²) in [4.78, 5) is 12.0. The van der Waals surface area contributed by atoms with Gasteiger partial charge in [0.05, 0.1) is 5.41 Å². The Labute approximate surface area is 93.4 Å². The fraction of sp³-hybridized carbons (Fsp3) is 0.727. The third-order valence-corrected chi connectivity index (χ3v) is 5.60. The lowest BCUT2D eigenvalue weighted by atomic mass is 9.50. The molecular formula is C11H12Cl2O. The third kappa shape index (κ3) is 0.685. The largest absolute Gasteiger partial charge is 0.299 e. The van der Waals surface area contributed by atoms with Crippen molar-refractivity contribution in [2.75, 3.05) is 0 Å². The summed E-state index contributed by atoms with van der Waals surface area (Å²) < 4.78 is 0. The van der Waals surface area contributed by atoms with Crippen molar-refractivity contribution in [3.63, 3.8) is 0 Å². The first kappa shape index (κ1) is 9.23. The Balaban J connectivity index is 2.20. The van der Waals surface area contributed by atoms with Gasteiger partial charge in [0, 0.05) is 21.9 Å². The van der Waals surface area contributed by atoms with Gasteiger partial charge < -0.3 is 0 Å². The van der Waals surface area contributed by atoms with E-state index in [0.29, 0.717) is 17.2 Å². The number of Topliss-reactive ketones (excluding diaryl/α,β-unsaturated/α-hetero) is 1. The van der Waals surface area contributed by atoms with Gasteiger partial charge in [-0.2, -0.15) is 0 Å². The zero-order chi connectivity index (χ0) is 9.97. The number of carbonyl (C=O) groups excluding carboxylic acids is 1. The van der Waals surface area contributed by atoms with Gasteiger partial charge in [0.25, 0.3) is 0 Å². The second-order valence-corrected chi connectivity index (χ2v) is 5.50. The fourth-order valence-corrected chi connectivity index (χ4v) is 4.87. The SMILES string of the molecule is O=C1CCC[C@]23CCC[C@]12C(Cl)=C3Cl. The zero-order valence-corrected chi connectivity index (χ0v) is 9.42. The van der Waals surface area contributed by atoms with Crippen molar-refractivity contribution in [1.29, 1.82) is 0 Å². The van der Waals surface area contributed by atoms with Crippen LogP contribution in [0.3, 0.4) is 0 Å². The summed E-state index contributed by atoms with van der Waals surface area (Å²) in [5, 5.41) is 1.46. The highest BCUT2D eigenvalue weighted by molar-refractivity contribution is 6.44. The molecule has 76 valence electrons. The molecule has 0 spiro atoms. The maximum Gasteiger partial charge on any atom is 0.145 e. The minimum atomic E-state index is -0.329. The molecule has 0 aliphatic heterocycles. The second-order valence-electron chi connectivity index (χ2n) is 4.75. The van der Waals surface area contributed by atoms with E-state index in [2.05, 4.69) is 0 Å². The van der Waals surface area contributed by atoms with E-state index in [1.807, 2.05) is 0 Å². The Morgan fingerprint density at radius 1 is 1.00 bits per heavy atom. The van der Waals surface area contributed by atoms with Gasteiger partial charge in [-0.3, -0.25) is 4.79 Å². The highest BCUT2D eigenvalue weighted by atomic mass is 35.5. The molecule has 0 aromatic carbocycles.